The molecule has 0 aromatic heterocycles. The summed E-state index contributed by atoms with van der Waals surface area (Å²) >= 11 is 1.97. The van der Waals surface area contributed by atoms with Gasteiger partial charge in [-0.3, -0.25) is 0 Å². The van der Waals surface area contributed by atoms with E-state index >= 15 is 0 Å². The lowest BCUT2D eigenvalue weighted by atomic mass is 10.1. The monoisotopic (exact) mass is 296 g/mol. The van der Waals surface area contributed by atoms with Gasteiger partial charge in [0.25, 0.3) is 0 Å². The molecule has 1 fully saturated rings. The Balaban J connectivity index is 2.05. The van der Waals surface area contributed by atoms with Crippen LogP contribution < -0.4 is 10.2 Å². The molecule has 20 heavy (non-hydrogen) atoms. The molecule has 1 aromatic rings. The smallest absolute Gasteiger partial charge is 0.146 e. The number of anilines is 1. The highest BCUT2D eigenvalue weighted by molar-refractivity contribution is 8.00. The lowest BCUT2D eigenvalue weighted by Crippen LogP contribution is -2.43. The van der Waals surface area contributed by atoms with Crippen molar-refractivity contribution in [2.75, 3.05) is 30.3 Å². The lowest BCUT2D eigenvalue weighted by molar-refractivity contribution is 0.593. The van der Waals surface area contributed by atoms with Gasteiger partial charge in [0, 0.05) is 30.1 Å². The molecule has 1 saturated heterocycles. The minimum atomic E-state index is -0.0940. The SMILES string of the molecule is CCCNCc1ccc(N2CCSC(C)(C)C2)c(F)c1. The Morgan fingerprint density at radius 1 is 1.40 bits per heavy atom. The van der Waals surface area contributed by atoms with Crippen LogP contribution in [0.5, 0.6) is 0 Å². The molecule has 0 spiro atoms. The van der Waals surface area contributed by atoms with Crippen LogP contribution in [-0.4, -0.2) is 30.1 Å². The first-order valence-corrected chi connectivity index (χ1v) is 8.38. The molecule has 0 unspecified atom stereocenters. The van der Waals surface area contributed by atoms with Gasteiger partial charge in [-0.1, -0.05) is 13.0 Å². The van der Waals surface area contributed by atoms with Crippen LogP contribution in [0.3, 0.4) is 0 Å². The van der Waals surface area contributed by atoms with E-state index in [2.05, 4.69) is 31.0 Å². The summed E-state index contributed by atoms with van der Waals surface area (Å²) in [5.74, 6) is 0.968. The first kappa shape index (κ1) is 15.6. The van der Waals surface area contributed by atoms with Gasteiger partial charge in [-0.15, -0.1) is 0 Å². The van der Waals surface area contributed by atoms with E-state index in [1.54, 1.807) is 6.07 Å². The number of hydrogen-bond donors (Lipinski definition) is 1. The zero-order valence-electron chi connectivity index (χ0n) is 12.7. The van der Waals surface area contributed by atoms with Gasteiger partial charge in [0.05, 0.1) is 5.69 Å². The summed E-state index contributed by atoms with van der Waals surface area (Å²) in [7, 11) is 0. The predicted octanol–water partition coefficient (Wildman–Crippen LogP) is 3.66. The van der Waals surface area contributed by atoms with Crippen molar-refractivity contribution in [2.45, 2.75) is 38.5 Å². The Kier molecular flexibility index (Phi) is 5.33. The maximum absolute atomic E-state index is 14.3. The quantitative estimate of drug-likeness (QED) is 0.835. The molecule has 4 heteroatoms. The van der Waals surface area contributed by atoms with Crippen LogP contribution in [0.25, 0.3) is 0 Å². The second-order valence-corrected chi connectivity index (χ2v) is 7.79. The average Bonchev–Trinajstić information content (AvgIpc) is 2.38. The minimum absolute atomic E-state index is 0.0940. The van der Waals surface area contributed by atoms with Crippen molar-refractivity contribution in [1.82, 2.24) is 5.32 Å². The summed E-state index contributed by atoms with van der Waals surface area (Å²) in [4.78, 5) is 2.18. The van der Waals surface area contributed by atoms with Gasteiger partial charge in [-0.05, 0) is 44.5 Å². The Labute approximate surface area is 126 Å². The van der Waals surface area contributed by atoms with Gasteiger partial charge in [0.2, 0.25) is 0 Å². The van der Waals surface area contributed by atoms with Crippen molar-refractivity contribution < 1.29 is 4.39 Å². The Morgan fingerprint density at radius 3 is 2.85 bits per heavy atom. The van der Waals surface area contributed by atoms with Crippen LogP contribution in [0.1, 0.15) is 32.8 Å². The van der Waals surface area contributed by atoms with Crippen LogP contribution in [0, 0.1) is 5.82 Å². The van der Waals surface area contributed by atoms with Crippen molar-refractivity contribution in [3.05, 3.63) is 29.6 Å². The first-order chi connectivity index (χ1) is 9.52. The average molecular weight is 296 g/mol. The van der Waals surface area contributed by atoms with Gasteiger partial charge < -0.3 is 10.2 Å². The van der Waals surface area contributed by atoms with Crippen LogP contribution in [0.2, 0.25) is 0 Å². The molecule has 2 rings (SSSR count). The van der Waals surface area contributed by atoms with E-state index in [-0.39, 0.29) is 10.6 Å². The van der Waals surface area contributed by atoms with Gasteiger partial charge in [-0.25, -0.2) is 4.39 Å². The molecule has 0 saturated carbocycles. The largest absolute Gasteiger partial charge is 0.367 e. The number of hydrogen-bond acceptors (Lipinski definition) is 3. The third kappa shape index (κ3) is 4.13. The van der Waals surface area contributed by atoms with Crippen molar-refractivity contribution in [3.8, 4) is 0 Å². The van der Waals surface area contributed by atoms with Gasteiger partial charge in [0.1, 0.15) is 5.82 Å². The van der Waals surface area contributed by atoms with Gasteiger partial charge in [0.15, 0.2) is 0 Å². The molecule has 0 amide bonds. The molecule has 1 aliphatic heterocycles. The van der Waals surface area contributed by atoms with Crippen molar-refractivity contribution in [2.24, 2.45) is 0 Å². The summed E-state index contributed by atoms with van der Waals surface area (Å²) < 4.78 is 14.5. The molecule has 0 atom stereocenters. The second-order valence-electron chi connectivity index (χ2n) is 5.99. The highest BCUT2D eigenvalue weighted by Gasteiger charge is 2.28. The molecule has 2 nitrogen and oxygen atoms in total. The fourth-order valence-corrected chi connectivity index (χ4v) is 3.66. The highest BCUT2D eigenvalue weighted by Crippen LogP contribution is 2.33. The normalized spacial score (nSPS) is 18.3. The highest BCUT2D eigenvalue weighted by atomic mass is 32.2. The van der Waals surface area contributed by atoms with E-state index in [1.807, 2.05) is 23.9 Å². The van der Waals surface area contributed by atoms with Crippen molar-refractivity contribution in [1.29, 1.82) is 0 Å². The topological polar surface area (TPSA) is 15.3 Å². The Morgan fingerprint density at radius 2 is 2.20 bits per heavy atom. The molecule has 0 radical (unpaired) electrons. The van der Waals surface area contributed by atoms with Crippen molar-refractivity contribution >= 4 is 17.4 Å². The van der Waals surface area contributed by atoms with Gasteiger partial charge in [-0.2, -0.15) is 11.8 Å². The fourth-order valence-electron chi connectivity index (χ4n) is 2.55. The number of rotatable bonds is 5. The number of nitrogens with zero attached hydrogens (tertiary/aromatic N) is 1. The second kappa shape index (κ2) is 6.81. The minimum Gasteiger partial charge on any atom is -0.367 e. The third-order valence-corrected chi connectivity index (χ3v) is 4.83. The molecular weight excluding hydrogens is 271 g/mol. The van der Waals surface area contributed by atoms with E-state index in [4.69, 9.17) is 0 Å². The number of benzene rings is 1. The zero-order chi connectivity index (χ0) is 14.6. The van der Waals surface area contributed by atoms with Crippen LogP contribution in [0.15, 0.2) is 18.2 Å². The van der Waals surface area contributed by atoms with Crippen molar-refractivity contribution in [3.63, 3.8) is 0 Å². The van der Waals surface area contributed by atoms with Gasteiger partial charge >= 0.3 is 0 Å². The molecule has 112 valence electrons. The summed E-state index contributed by atoms with van der Waals surface area (Å²) in [5, 5.41) is 3.31. The van der Waals surface area contributed by atoms with E-state index in [0.29, 0.717) is 0 Å². The van der Waals surface area contributed by atoms with E-state index < -0.39 is 0 Å². The molecule has 0 aliphatic carbocycles. The summed E-state index contributed by atoms with van der Waals surface area (Å²) in [6.07, 6.45) is 1.10. The molecular formula is C16H25FN2S. The van der Waals surface area contributed by atoms with Crippen LogP contribution in [0.4, 0.5) is 10.1 Å². The van der Waals surface area contributed by atoms with E-state index in [9.17, 15) is 4.39 Å². The molecule has 1 N–H and O–H groups in total. The zero-order valence-corrected chi connectivity index (χ0v) is 13.5. The number of nitrogens with one attached hydrogen (secondary N) is 1. The maximum Gasteiger partial charge on any atom is 0.146 e. The number of halogens is 1. The molecule has 1 aromatic carbocycles. The molecule has 0 bridgehead atoms. The fraction of sp³-hybridized carbons (Fsp3) is 0.625. The maximum atomic E-state index is 14.3. The van der Waals surface area contributed by atoms with E-state index in [1.165, 1.54) is 0 Å². The summed E-state index contributed by atoms with van der Waals surface area (Å²) in [6, 6.07) is 5.65. The summed E-state index contributed by atoms with van der Waals surface area (Å²) in [6.45, 7) is 10.1. The summed E-state index contributed by atoms with van der Waals surface area (Å²) in [5.41, 5.74) is 1.77. The first-order valence-electron chi connectivity index (χ1n) is 7.40. The molecule has 1 heterocycles. The molecule has 1 aliphatic rings. The number of thioether (sulfide) groups is 1. The standard InChI is InChI=1S/C16H25FN2S/c1-4-7-18-11-13-5-6-15(14(17)10-13)19-8-9-20-16(2,3)12-19/h5-6,10,18H,4,7-9,11-12H2,1-3H3. The Hall–Kier alpha value is -0.740. The third-order valence-electron chi connectivity index (χ3n) is 3.53. The Bertz CT molecular complexity index is 448. The lowest BCUT2D eigenvalue weighted by Gasteiger charge is -2.39. The van der Waals surface area contributed by atoms with Crippen LogP contribution in [-0.2, 0) is 6.54 Å². The van der Waals surface area contributed by atoms with E-state index in [0.717, 1.165) is 49.6 Å². The predicted molar refractivity (Wildman–Crippen MR) is 87.1 cm³/mol. The van der Waals surface area contributed by atoms with Crippen LogP contribution >= 0.6 is 11.8 Å².